The van der Waals surface area contributed by atoms with E-state index < -0.39 is 0 Å². The van der Waals surface area contributed by atoms with Crippen LogP contribution in [-0.4, -0.2) is 55.6 Å². The van der Waals surface area contributed by atoms with E-state index in [4.69, 9.17) is 5.84 Å². The Morgan fingerprint density at radius 2 is 1.93 bits per heavy atom. The molecular formula is C11H26N4. The van der Waals surface area contributed by atoms with Crippen LogP contribution < -0.4 is 11.3 Å². The average Bonchev–Trinajstić information content (AvgIpc) is 2.30. The quantitative estimate of drug-likeness (QED) is 0.517. The molecule has 0 amide bonds. The largest absolute Gasteiger partial charge is 0.305 e. The first-order valence-electron chi connectivity index (χ1n) is 5.91. The van der Waals surface area contributed by atoms with E-state index in [0.717, 1.165) is 6.54 Å². The summed E-state index contributed by atoms with van der Waals surface area (Å²) in [5.74, 6) is 6.23. The van der Waals surface area contributed by atoms with Gasteiger partial charge < -0.3 is 9.80 Å². The van der Waals surface area contributed by atoms with E-state index in [9.17, 15) is 0 Å². The number of rotatable bonds is 3. The molecule has 1 aliphatic heterocycles. The summed E-state index contributed by atoms with van der Waals surface area (Å²) in [6, 6.07) is 0.887. The van der Waals surface area contributed by atoms with Gasteiger partial charge in [0.1, 0.15) is 0 Å². The van der Waals surface area contributed by atoms with Crippen molar-refractivity contribution in [1.29, 1.82) is 0 Å². The molecule has 2 unspecified atom stereocenters. The lowest BCUT2D eigenvalue weighted by atomic mass is 9.96. The highest BCUT2D eigenvalue weighted by Gasteiger charge is 2.29. The molecule has 0 aromatic rings. The highest BCUT2D eigenvalue weighted by molar-refractivity contribution is 4.88. The van der Waals surface area contributed by atoms with E-state index in [1.807, 2.05) is 0 Å². The van der Waals surface area contributed by atoms with Crippen LogP contribution in [0.25, 0.3) is 0 Å². The van der Waals surface area contributed by atoms with Gasteiger partial charge in [-0.15, -0.1) is 0 Å². The zero-order valence-electron chi connectivity index (χ0n) is 10.5. The number of nitrogens with zero attached hydrogens (tertiary/aromatic N) is 2. The van der Waals surface area contributed by atoms with Crippen LogP contribution in [0.3, 0.4) is 0 Å². The number of nitrogens with two attached hydrogens (primary N) is 1. The normalized spacial score (nSPS) is 28.0. The molecule has 0 aliphatic carbocycles. The summed E-state index contributed by atoms with van der Waals surface area (Å²) in [5, 5.41) is 0. The van der Waals surface area contributed by atoms with Crippen LogP contribution in [0.1, 0.15) is 20.3 Å². The van der Waals surface area contributed by atoms with Crippen LogP contribution in [0, 0.1) is 5.92 Å². The fraction of sp³-hybridized carbons (Fsp3) is 1.00. The van der Waals surface area contributed by atoms with Crippen LogP contribution in [0.2, 0.25) is 0 Å². The first kappa shape index (κ1) is 12.9. The Balaban J connectivity index is 2.69. The fourth-order valence-electron chi connectivity index (χ4n) is 2.44. The van der Waals surface area contributed by atoms with Gasteiger partial charge >= 0.3 is 0 Å². The maximum Gasteiger partial charge on any atom is 0.0401 e. The first-order chi connectivity index (χ1) is 7.06. The van der Waals surface area contributed by atoms with Crippen molar-refractivity contribution in [2.24, 2.45) is 11.8 Å². The topological polar surface area (TPSA) is 44.5 Å². The van der Waals surface area contributed by atoms with E-state index in [1.54, 1.807) is 0 Å². The summed E-state index contributed by atoms with van der Waals surface area (Å²) < 4.78 is 0. The van der Waals surface area contributed by atoms with Gasteiger partial charge in [0, 0.05) is 18.6 Å². The monoisotopic (exact) mass is 214 g/mol. The summed E-state index contributed by atoms with van der Waals surface area (Å²) in [7, 11) is 4.40. The molecule has 1 fully saturated rings. The van der Waals surface area contributed by atoms with Crippen molar-refractivity contribution in [2.75, 3.05) is 33.7 Å². The highest BCUT2D eigenvalue weighted by Crippen LogP contribution is 2.15. The minimum Gasteiger partial charge on any atom is -0.305 e. The van der Waals surface area contributed by atoms with Gasteiger partial charge in [0.2, 0.25) is 0 Å². The van der Waals surface area contributed by atoms with E-state index >= 15 is 0 Å². The molecular weight excluding hydrogens is 188 g/mol. The molecule has 15 heavy (non-hydrogen) atoms. The standard InChI is InChI=1S/C11H26N4/c1-9(2)11(13-12)10-8-14(3)6-5-7-15(10)4/h9-11,13H,5-8,12H2,1-4H3. The summed E-state index contributed by atoms with van der Waals surface area (Å²) in [5.41, 5.74) is 2.98. The summed E-state index contributed by atoms with van der Waals surface area (Å²) in [6.45, 7) is 7.91. The minimum atomic E-state index is 0.371. The molecule has 1 aliphatic rings. The molecule has 2 atom stereocenters. The summed E-state index contributed by atoms with van der Waals surface area (Å²) in [4.78, 5) is 4.84. The molecule has 0 aromatic carbocycles. The van der Waals surface area contributed by atoms with Gasteiger partial charge in [-0.05, 0) is 39.5 Å². The maximum absolute atomic E-state index is 5.67. The second kappa shape index (κ2) is 5.80. The van der Waals surface area contributed by atoms with Crippen molar-refractivity contribution >= 4 is 0 Å². The number of hydrogen-bond acceptors (Lipinski definition) is 4. The Kier molecular flexibility index (Phi) is 4.99. The number of likely N-dealkylation sites (N-methyl/N-ethyl adjacent to an activating group) is 2. The summed E-state index contributed by atoms with van der Waals surface area (Å²) in [6.07, 6.45) is 1.25. The predicted octanol–water partition coefficient (Wildman–Crippen LogP) is 0.110. The van der Waals surface area contributed by atoms with Gasteiger partial charge in [0.05, 0.1) is 0 Å². The van der Waals surface area contributed by atoms with E-state index in [1.165, 1.54) is 19.5 Å². The third-order valence-corrected chi connectivity index (χ3v) is 3.44. The van der Waals surface area contributed by atoms with Gasteiger partial charge in [0.15, 0.2) is 0 Å². The Morgan fingerprint density at radius 1 is 1.27 bits per heavy atom. The van der Waals surface area contributed by atoms with Gasteiger partial charge in [-0.25, -0.2) is 0 Å². The van der Waals surface area contributed by atoms with Gasteiger partial charge in [-0.2, -0.15) is 0 Å². The molecule has 0 radical (unpaired) electrons. The molecule has 4 heteroatoms. The van der Waals surface area contributed by atoms with E-state index in [2.05, 4.69) is 43.2 Å². The Bertz CT molecular complexity index is 183. The van der Waals surface area contributed by atoms with Gasteiger partial charge in [-0.3, -0.25) is 11.3 Å². The number of nitrogens with one attached hydrogen (secondary N) is 1. The van der Waals surface area contributed by atoms with Gasteiger partial charge in [-0.1, -0.05) is 13.8 Å². The van der Waals surface area contributed by atoms with Crippen molar-refractivity contribution in [3.63, 3.8) is 0 Å². The fourth-order valence-corrected chi connectivity index (χ4v) is 2.44. The summed E-state index contributed by atoms with van der Waals surface area (Å²) >= 11 is 0. The Labute approximate surface area is 93.8 Å². The Morgan fingerprint density at radius 3 is 2.47 bits per heavy atom. The maximum atomic E-state index is 5.67. The van der Waals surface area contributed by atoms with Crippen molar-refractivity contribution in [1.82, 2.24) is 15.2 Å². The Hall–Kier alpha value is -0.160. The first-order valence-corrected chi connectivity index (χ1v) is 5.91. The molecule has 0 aromatic heterocycles. The van der Waals surface area contributed by atoms with E-state index in [-0.39, 0.29) is 0 Å². The highest BCUT2D eigenvalue weighted by atomic mass is 15.3. The molecule has 1 saturated heterocycles. The lowest BCUT2D eigenvalue weighted by molar-refractivity contribution is 0.153. The smallest absolute Gasteiger partial charge is 0.0401 e. The lowest BCUT2D eigenvalue weighted by Gasteiger charge is -2.36. The van der Waals surface area contributed by atoms with Crippen LogP contribution >= 0.6 is 0 Å². The molecule has 1 rings (SSSR count). The predicted molar refractivity (Wildman–Crippen MR) is 64.5 cm³/mol. The zero-order chi connectivity index (χ0) is 11.4. The second-order valence-electron chi connectivity index (χ2n) is 5.10. The zero-order valence-corrected chi connectivity index (χ0v) is 10.5. The molecule has 3 N–H and O–H groups in total. The van der Waals surface area contributed by atoms with Crippen LogP contribution in [0.4, 0.5) is 0 Å². The van der Waals surface area contributed by atoms with Crippen molar-refractivity contribution < 1.29 is 0 Å². The molecule has 0 spiro atoms. The SMILES string of the molecule is CC(C)C(NN)C1CN(C)CCCN1C. The molecule has 90 valence electrons. The lowest BCUT2D eigenvalue weighted by Crippen LogP contribution is -2.56. The van der Waals surface area contributed by atoms with Crippen molar-refractivity contribution in [2.45, 2.75) is 32.4 Å². The van der Waals surface area contributed by atoms with Gasteiger partial charge in [0.25, 0.3) is 0 Å². The second-order valence-corrected chi connectivity index (χ2v) is 5.10. The molecule has 0 bridgehead atoms. The van der Waals surface area contributed by atoms with Crippen molar-refractivity contribution in [3.8, 4) is 0 Å². The average molecular weight is 214 g/mol. The minimum absolute atomic E-state index is 0.371. The molecule has 4 nitrogen and oxygen atoms in total. The van der Waals surface area contributed by atoms with Crippen LogP contribution in [0.15, 0.2) is 0 Å². The van der Waals surface area contributed by atoms with E-state index in [0.29, 0.717) is 18.0 Å². The van der Waals surface area contributed by atoms with Crippen LogP contribution in [-0.2, 0) is 0 Å². The number of hydrazine groups is 1. The van der Waals surface area contributed by atoms with Crippen LogP contribution in [0.5, 0.6) is 0 Å². The number of hydrogen-bond donors (Lipinski definition) is 2. The molecule has 0 saturated carbocycles. The third-order valence-electron chi connectivity index (χ3n) is 3.44. The third kappa shape index (κ3) is 3.41. The van der Waals surface area contributed by atoms with Crippen molar-refractivity contribution in [3.05, 3.63) is 0 Å². The molecule has 1 heterocycles.